The highest BCUT2D eigenvalue weighted by Gasteiger charge is 2.49. The van der Waals surface area contributed by atoms with E-state index in [-0.39, 0.29) is 13.7 Å². The van der Waals surface area contributed by atoms with E-state index in [4.69, 9.17) is 0 Å². The summed E-state index contributed by atoms with van der Waals surface area (Å²) in [6, 6.07) is 78.6. The van der Waals surface area contributed by atoms with Crippen LogP contribution in [0.3, 0.4) is 0 Å². The Hall–Kier alpha value is -7.49. The van der Waals surface area contributed by atoms with Gasteiger partial charge in [0.25, 0.3) is 0 Å². The summed E-state index contributed by atoms with van der Waals surface area (Å²) < 4.78 is 0. The smallest absolute Gasteiger partial charge is 0.329 e. The van der Waals surface area contributed by atoms with Crippen molar-refractivity contribution in [2.24, 2.45) is 0 Å². The molecular formula is C54H35B2N3. The lowest BCUT2D eigenvalue weighted by Gasteiger charge is -2.49. The van der Waals surface area contributed by atoms with Crippen LogP contribution in [0.4, 0.5) is 39.8 Å². The molecule has 0 amide bonds. The topological polar surface area (TPSA) is 9.72 Å². The average molecular weight is 748 g/mol. The molecule has 0 atom stereocenters. The zero-order valence-electron chi connectivity index (χ0n) is 32.2. The number of fused-ring (bicyclic) bond motifs is 16. The van der Waals surface area contributed by atoms with Crippen LogP contribution in [-0.4, -0.2) is 13.7 Å². The summed E-state index contributed by atoms with van der Waals surface area (Å²) >= 11 is 0. The third kappa shape index (κ3) is 4.61. The molecule has 9 aromatic carbocycles. The van der Waals surface area contributed by atoms with Gasteiger partial charge in [-0.05, 0) is 116 Å². The number of para-hydroxylation sites is 3. The van der Waals surface area contributed by atoms with Gasteiger partial charge < -0.3 is 14.5 Å². The summed E-state index contributed by atoms with van der Waals surface area (Å²) in [4.78, 5) is 7.65. The third-order valence-corrected chi connectivity index (χ3v) is 13.0. The molecule has 3 nitrogen and oxygen atoms in total. The molecule has 4 aliphatic heterocycles. The molecule has 59 heavy (non-hydrogen) atoms. The van der Waals surface area contributed by atoms with Gasteiger partial charge in [-0.2, -0.15) is 0 Å². The van der Waals surface area contributed by atoms with Crippen LogP contribution in [0.1, 0.15) is 0 Å². The van der Waals surface area contributed by atoms with Crippen LogP contribution >= 0.6 is 0 Å². The van der Waals surface area contributed by atoms with E-state index in [2.05, 4.69) is 227 Å². The SMILES string of the molecule is c1ccc(-c2ccc3c(c2)-c2cc(N(c4ccccc4)c4ccccc4)ccc2B2c4cccc5c4-c4c(cccc4N23)N2B5c3ccccc3-c3ccccc32)cc1. The molecular weight excluding hydrogens is 712 g/mol. The molecule has 0 aliphatic carbocycles. The van der Waals surface area contributed by atoms with Gasteiger partial charge in [0.2, 0.25) is 0 Å². The normalized spacial score (nSPS) is 13.3. The molecule has 272 valence electrons. The summed E-state index contributed by atoms with van der Waals surface area (Å²) in [6.07, 6.45) is 0. The fourth-order valence-corrected chi connectivity index (χ4v) is 10.6. The number of nitrogens with zero attached hydrogens (tertiary/aromatic N) is 3. The molecule has 0 fully saturated rings. The standard InChI is InChI=1S/C54H35B2N3/c1-4-16-36(17-5-1)37-30-33-50-44(34-37)43-35-40(57(38-18-6-2-7-19-38)39-20-8-3-9-21-39)31-32-46(43)56-48-26-14-25-47-53(48)54-51(28-15-29-52(54)59(50)56)58-49-27-13-11-23-42(49)41-22-10-12-24-45(41)55(47)58/h1-35H. The maximum atomic E-state index is 2.65. The minimum atomic E-state index is -0.0219. The van der Waals surface area contributed by atoms with Crippen molar-refractivity contribution in [1.29, 1.82) is 0 Å². The minimum Gasteiger partial charge on any atom is -0.376 e. The zero-order valence-corrected chi connectivity index (χ0v) is 32.2. The van der Waals surface area contributed by atoms with Crippen LogP contribution in [0.15, 0.2) is 212 Å². The Bertz CT molecular complexity index is 3110. The highest BCUT2D eigenvalue weighted by molar-refractivity contribution is 6.97. The Morgan fingerprint density at radius 3 is 1.51 bits per heavy atom. The number of benzene rings is 9. The molecule has 0 bridgehead atoms. The van der Waals surface area contributed by atoms with E-state index in [0.717, 1.165) is 17.1 Å². The van der Waals surface area contributed by atoms with Crippen LogP contribution in [0.25, 0.3) is 44.5 Å². The molecule has 0 saturated heterocycles. The molecule has 5 heteroatoms. The van der Waals surface area contributed by atoms with Crippen molar-refractivity contribution in [2.45, 2.75) is 0 Å². The quantitative estimate of drug-likeness (QED) is 0.166. The Kier molecular flexibility index (Phi) is 6.90. The molecule has 0 spiro atoms. The first kappa shape index (κ1) is 32.6. The molecule has 0 unspecified atom stereocenters. The molecule has 0 aromatic heterocycles. The fraction of sp³-hybridized carbons (Fsp3) is 0. The van der Waals surface area contributed by atoms with Crippen molar-refractivity contribution in [3.05, 3.63) is 212 Å². The van der Waals surface area contributed by atoms with E-state index >= 15 is 0 Å². The highest BCUT2D eigenvalue weighted by atomic mass is 15.1. The molecule has 0 radical (unpaired) electrons. The van der Waals surface area contributed by atoms with Crippen LogP contribution < -0.4 is 36.4 Å². The van der Waals surface area contributed by atoms with E-state index in [9.17, 15) is 0 Å². The van der Waals surface area contributed by atoms with Crippen molar-refractivity contribution < 1.29 is 0 Å². The number of hydrogen-bond donors (Lipinski definition) is 0. The second-order valence-corrected chi connectivity index (χ2v) is 16.0. The van der Waals surface area contributed by atoms with Crippen molar-refractivity contribution in [1.82, 2.24) is 0 Å². The van der Waals surface area contributed by atoms with Gasteiger partial charge in [0, 0.05) is 56.5 Å². The Balaban J connectivity index is 1.09. The summed E-state index contributed by atoms with van der Waals surface area (Å²) in [5.74, 6) is 0. The van der Waals surface area contributed by atoms with E-state index in [1.165, 1.54) is 89.1 Å². The largest absolute Gasteiger partial charge is 0.376 e. The molecule has 0 N–H and O–H groups in total. The van der Waals surface area contributed by atoms with Crippen molar-refractivity contribution in [3.8, 4) is 44.5 Å². The van der Waals surface area contributed by atoms with Gasteiger partial charge in [-0.1, -0.05) is 146 Å². The lowest BCUT2D eigenvalue weighted by Crippen LogP contribution is -2.65. The zero-order chi connectivity index (χ0) is 38.6. The number of anilines is 7. The first-order valence-electron chi connectivity index (χ1n) is 20.6. The first-order chi connectivity index (χ1) is 29.3. The predicted molar refractivity (Wildman–Crippen MR) is 250 cm³/mol. The molecule has 4 aliphatic rings. The van der Waals surface area contributed by atoms with Gasteiger partial charge in [-0.15, -0.1) is 0 Å². The van der Waals surface area contributed by atoms with Gasteiger partial charge in [0.05, 0.1) is 0 Å². The Morgan fingerprint density at radius 2 is 0.814 bits per heavy atom. The first-order valence-corrected chi connectivity index (χ1v) is 20.6. The number of rotatable bonds is 4. The van der Waals surface area contributed by atoms with Gasteiger partial charge in [0.1, 0.15) is 0 Å². The predicted octanol–water partition coefficient (Wildman–Crippen LogP) is 11.0. The monoisotopic (exact) mass is 747 g/mol. The van der Waals surface area contributed by atoms with Gasteiger partial charge in [-0.3, -0.25) is 0 Å². The summed E-state index contributed by atoms with van der Waals surface area (Å²) in [6.45, 7) is 0.0354. The Labute approximate surface area is 345 Å². The second kappa shape index (κ2) is 12.5. The molecule has 4 heterocycles. The van der Waals surface area contributed by atoms with Gasteiger partial charge in [-0.25, -0.2) is 0 Å². The highest BCUT2D eigenvalue weighted by Crippen LogP contribution is 2.54. The molecule has 9 aromatic rings. The van der Waals surface area contributed by atoms with Crippen LogP contribution in [0, 0.1) is 0 Å². The average Bonchev–Trinajstić information content (AvgIpc) is 3.31. The lowest BCUT2D eigenvalue weighted by molar-refractivity contribution is 1.28. The van der Waals surface area contributed by atoms with Gasteiger partial charge in [0.15, 0.2) is 0 Å². The van der Waals surface area contributed by atoms with Crippen LogP contribution in [-0.2, 0) is 0 Å². The summed E-state index contributed by atoms with van der Waals surface area (Å²) in [5, 5.41) is 0. The minimum absolute atomic E-state index is 0.0219. The maximum Gasteiger partial charge on any atom is 0.329 e. The molecule has 0 saturated carbocycles. The van der Waals surface area contributed by atoms with Crippen LogP contribution in [0.2, 0.25) is 0 Å². The van der Waals surface area contributed by atoms with Crippen molar-refractivity contribution >= 4 is 75.4 Å². The summed E-state index contributed by atoms with van der Waals surface area (Å²) in [7, 11) is 0. The maximum absolute atomic E-state index is 2.65. The summed E-state index contributed by atoms with van der Waals surface area (Å²) in [5.41, 5.74) is 24.0. The van der Waals surface area contributed by atoms with E-state index < -0.39 is 0 Å². The van der Waals surface area contributed by atoms with E-state index in [0.29, 0.717) is 0 Å². The fourth-order valence-electron chi connectivity index (χ4n) is 10.6. The van der Waals surface area contributed by atoms with E-state index in [1.54, 1.807) is 0 Å². The third-order valence-electron chi connectivity index (χ3n) is 13.0. The van der Waals surface area contributed by atoms with Crippen LogP contribution in [0.5, 0.6) is 0 Å². The van der Waals surface area contributed by atoms with E-state index in [1.807, 2.05) is 0 Å². The number of hydrogen-bond acceptors (Lipinski definition) is 3. The van der Waals surface area contributed by atoms with Crippen molar-refractivity contribution in [3.63, 3.8) is 0 Å². The van der Waals surface area contributed by atoms with Crippen molar-refractivity contribution in [2.75, 3.05) is 14.5 Å². The molecule has 13 rings (SSSR count). The van der Waals surface area contributed by atoms with Gasteiger partial charge >= 0.3 is 13.7 Å². The lowest BCUT2D eigenvalue weighted by atomic mass is 9.37. The Morgan fingerprint density at radius 1 is 0.288 bits per heavy atom. The second-order valence-electron chi connectivity index (χ2n) is 16.0.